The Morgan fingerprint density at radius 1 is 1.33 bits per heavy atom. The number of hydrogen-bond acceptors (Lipinski definition) is 6. The first-order valence-corrected chi connectivity index (χ1v) is 6.49. The number of ether oxygens (including phenoxy) is 2. The molecule has 0 saturated carbocycles. The van der Waals surface area contributed by atoms with E-state index >= 15 is 0 Å². The number of nitrogens with one attached hydrogen (secondary N) is 1. The molecule has 21 heavy (non-hydrogen) atoms. The quantitative estimate of drug-likeness (QED) is 0.842. The van der Waals surface area contributed by atoms with E-state index < -0.39 is 5.97 Å². The first-order chi connectivity index (χ1) is 10.2. The molecule has 0 saturated heterocycles. The average molecular weight is 290 g/mol. The van der Waals surface area contributed by atoms with Crippen LogP contribution in [0, 0.1) is 0 Å². The van der Waals surface area contributed by atoms with Gasteiger partial charge in [0.2, 0.25) is 0 Å². The Balaban J connectivity index is 1.56. The number of anilines is 1. The fraction of sp³-hybridized carbons (Fsp3) is 0.308. The van der Waals surface area contributed by atoms with Crippen LogP contribution in [0.5, 0.6) is 11.5 Å². The lowest BCUT2D eigenvalue weighted by Crippen LogP contribution is -2.16. The van der Waals surface area contributed by atoms with Crippen LogP contribution in [0.4, 0.5) is 5.69 Å². The molecule has 1 aliphatic rings. The predicted molar refractivity (Wildman–Crippen MR) is 72.9 cm³/mol. The van der Waals surface area contributed by atoms with Gasteiger partial charge < -0.3 is 19.9 Å². The van der Waals surface area contributed by atoms with E-state index in [4.69, 9.17) is 14.6 Å². The Kier molecular flexibility index (Phi) is 3.59. The molecule has 8 heteroatoms. The maximum absolute atomic E-state index is 10.7. The number of benzene rings is 1. The molecule has 0 radical (unpaired) electrons. The van der Waals surface area contributed by atoms with Crippen LogP contribution in [-0.2, 0) is 6.54 Å². The van der Waals surface area contributed by atoms with Crippen LogP contribution in [0.3, 0.4) is 0 Å². The van der Waals surface area contributed by atoms with E-state index in [0.717, 1.165) is 17.2 Å². The van der Waals surface area contributed by atoms with E-state index in [2.05, 4.69) is 15.6 Å². The fourth-order valence-corrected chi connectivity index (χ4v) is 1.97. The second-order valence-electron chi connectivity index (χ2n) is 4.46. The van der Waals surface area contributed by atoms with E-state index in [-0.39, 0.29) is 5.69 Å². The molecule has 1 aromatic carbocycles. The molecule has 1 aliphatic heterocycles. The van der Waals surface area contributed by atoms with Gasteiger partial charge in [-0.15, -0.1) is 5.10 Å². The van der Waals surface area contributed by atoms with Gasteiger partial charge in [-0.05, 0) is 12.1 Å². The molecule has 2 N–H and O–H groups in total. The van der Waals surface area contributed by atoms with Gasteiger partial charge in [-0.2, -0.15) is 0 Å². The number of carbonyl (C=O) groups is 1. The van der Waals surface area contributed by atoms with Crippen molar-refractivity contribution >= 4 is 11.7 Å². The first kappa shape index (κ1) is 13.2. The summed E-state index contributed by atoms with van der Waals surface area (Å²) >= 11 is 0. The van der Waals surface area contributed by atoms with Crippen molar-refractivity contribution in [2.24, 2.45) is 0 Å². The Hall–Kier alpha value is -2.77. The molecule has 2 aromatic rings. The maximum atomic E-state index is 10.7. The minimum atomic E-state index is -1.08. The van der Waals surface area contributed by atoms with Gasteiger partial charge in [-0.25, -0.2) is 9.48 Å². The van der Waals surface area contributed by atoms with Gasteiger partial charge >= 0.3 is 5.97 Å². The molecule has 0 unspecified atom stereocenters. The smallest absolute Gasteiger partial charge is 0.358 e. The second kappa shape index (κ2) is 5.70. The summed E-state index contributed by atoms with van der Waals surface area (Å²) < 4.78 is 12.4. The molecule has 3 rings (SSSR count). The van der Waals surface area contributed by atoms with Gasteiger partial charge in [-0.1, -0.05) is 5.21 Å². The zero-order valence-corrected chi connectivity index (χ0v) is 11.2. The van der Waals surface area contributed by atoms with Crippen molar-refractivity contribution in [1.82, 2.24) is 15.0 Å². The number of hydrogen-bond donors (Lipinski definition) is 2. The Labute approximate surface area is 120 Å². The average Bonchev–Trinajstić information content (AvgIpc) is 2.96. The molecular formula is C13H14N4O4. The van der Waals surface area contributed by atoms with Crippen molar-refractivity contribution < 1.29 is 19.4 Å². The Morgan fingerprint density at radius 2 is 2.14 bits per heavy atom. The first-order valence-electron chi connectivity index (χ1n) is 6.49. The van der Waals surface area contributed by atoms with Crippen LogP contribution in [0.15, 0.2) is 24.4 Å². The lowest BCUT2D eigenvalue weighted by Gasteiger charge is -2.19. The van der Waals surface area contributed by atoms with Crippen LogP contribution in [0.25, 0.3) is 0 Å². The normalized spacial score (nSPS) is 13.0. The number of carboxylic acid groups (broad SMARTS) is 1. The topological polar surface area (TPSA) is 98.5 Å². The summed E-state index contributed by atoms with van der Waals surface area (Å²) in [6.07, 6.45) is 1.40. The molecule has 0 spiro atoms. The van der Waals surface area contributed by atoms with Gasteiger partial charge in [0, 0.05) is 18.3 Å². The third-order valence-corrected chi connectivity index (χ3v) is 2.97. The standard InChI is InChI=1S/C13H14N4O4/c18-13(19)10-8-17(16-15-10)4-3-14-9-1-2-11-12(7-9)21-6-5-20-11/h1-2,7-8,14H,3-6H2,(H,18,19). The van der Waals surface area contributed by atoms with Crippen molar-refractivity contribution in [3.8, 4) is 11.5 Å². The fourth-order valence-electron chi connectivity index (χ4n) is 1.97. The van der Waals surface area contributed by atoms with Crippen molar-refractivity contribution in [3.05, 3.63) is 30.1 Å². The number of aromatic nitrogens is 3. The molecule has 1 aromatic heterocycles. The molecule has 0 bridgehead atoms. The number of carboxylic acids is 1. The largest absolute Gasteiger partial charge is 0.486 e. The van der Waals surface area contributed by atoms with Crippen molar-refractivity contribution in [2.45, 2.75) is 6.54 Å². The van der Waals surface area contributed by atoms with Gasteiger partial charge in [0.1, 0.15) is 13.2 Å². The maximum Gasteiger partial charge on any atom is 0.358 e. The van der Waals surface area contributed by atoms with E-state index in [1.165, 1.54) is 10.9 Å². The van der Waals surface area contributed by atoms with E-state index in [1.54, 1.807) is 0 Å². The van der Waals surface area contributed by atoms with Crippen LogP contribution in [0.2, 0.25) is 0 Å². The van der Waals surface area contributed by atoms with Gasteiger partial charge in [-0.3, -0.25) is 0 Å². The zero-order valence-electron chi connectivity index (χ0n) is 11.2. The predicted octanol–water partition coefficient (Wildman–Crippen LogP) is 0.860. The lowest BCUT2D eigenvalue weighted by atomic mass is 10.2. The van der Waals surface area contributed by atoms with E-state index in [1.807, 2.05) is 18.2 Å². The SMILES string of the molecule is O=C(O)c1cn(CCNc2ccc3c(c2)OCCO3)nn1. The Bertz CT molecular complexity index is 655. The van der Waals surface area contributed by atoms with Gasteiger partial charge in [0.05, 0.1) is 12.7 Å². The summed E-state index contributed by atoms with van der Waals surface area (Å²) in [5.41, 5.74) is 0.840. The molecule has 2 heterocycles. The van der Waals surface area contributed by atoms with E-state index in [0.29, 0.717) is 26.3 Å². The summed E-state index contributed by atoms with van der Waals surface area (Å²) in [5.74, 6) is 0.385. The highest BCUT2D eigenvalue weighted by atomic mass is 16.6. The van der Waals surface area contributed by atoms with Crippen LogP contribution in [0.1, 0.15) is 10.5 Å². The van der Waals surface area contributed by atoms with Gasteiger partial charge in [0.15, 0.2) is 17.2 Å². The van der Waals surface area contributed by atoms with Crippen molar-refractivity contribution in [2.75, 3.05) is 25.1 Å². The monoisotopic (exact) mass is 290 g/mol. The number of aromatic carboxylic acids is 1. The summed E-state index contributed by atoms with van der Waals surface area (Å²) in [4.78, 5) is 10.7. The van der Waals surface area contributed by atoms with Gasteiger partial charge in [0.25, 0.3) is 0 Å². The third-order valence-electron chi connectivity index (χ3n) is 2.97. The van der Waals surface area contributed by atoms with Crippen molar-refractivity contribution in [1.29, 1.82) is 0 Å². The highest BCUT2D eigenvalue weighted by Crippen LogP contribution is 2.32. The van der Waals surface area contributed by atoms with Crippen LogP contribution >= 0.6 is 0 Å². The molecule has 0 fully saturated rings. The number of nitrogens with zero attached hydrogens (tertiary/aromatic N) is 3. The summed E-state index contributed by atoms with van der Waals surface area (Å²) in [7, 11) is 0. The molecule has 8 nitrogen and oxygen atoms in total. The lowest BCUT2D eigenvalue weighted by molar-refractivity contribution is 0.0690. The number of rotatable bonds is 5. The molecule has 110 valence electrons. The number of fused-ring (bicyclic) bond motifs is 1. The highest BCUT2D eigenvalue weighted by molar-refractivity contribution is 5.84. The van der Waals surface area contributed by atoms with Crippen LogP contribution < -0.4 is 14.8 Å². The minimum absolute atomic E-state index is 0.0608. The summed E-state index contributed by atoms with van der Waals surface area (Å²) in [6.45, 7) is 2.21. The minimum Gasteiger partial charge on any atom is -0.486 e. The summed E-state index contributed by atoms with van der Waals surface area (Å²) in [6, 6.07) is 5.63. The van der Waals surface area contributed by atoms with Crippen LogP contribution in [-0.4, -0.2) is 45.8 Å². The second-order valence-corrected chi connectivity index (χ2v) is 4.46. The molecule has 0 amide bonds. The summed E-state index contributed by atoms with van der Waals surface area (Å²) in [5, 5.41) is 19.3. The zero-order chi connectivity index (χ0) is 14.7. The Morgan fingerprint density at radius 3 is 2.90 bits per heavy atom. The molecule has 0 aliphatic carbocycles. The van der Waals surface area contributed by atoms with Crippen molar-refractivity contribution in [3.63, 3.8) is 0 Å². The van der Waals surface area contributed by atoms with E-state index in [9.17, 15) is 4.79 Å². The highest BCUT2D eigenvalue weighted by Gasteiger charge is 2.11. The third kappa shape index (κ3) is 3.04. The molecule has 0 atom stereocenters. The molecular weight excluding hydrogens is 276 g/mol.